The number of aliphatic carboxylic acids is 1. The van der Waals surface area contributed by atoms with Gasteiger partial charge in [0.1, 0.15) is 0 Å². The molecule has 0 aliphatic carbocycles. The first-order valence-electron chi connectivity index (χ1n) is 7.85. The first kappa shape index (κ1) is 21.2. The van der Waals surface area contributed by atoms with Crippen LogP contribution in [0.1, 0.15) is 46.0 Å². The molecule has 0 bridgehead atoms. The Morgan fingerprint density at radius 3 is 2.18 bits per heavy atom. The summed E-state index contributed by atoms with van der Waals surface area (Å²) in [6.07, 6.45) is 4.71. The number of nitrogens with one attached hydrogen (secondary N) is 1. The van der Waals surface area contributed by atoms with E-state index in [-0.39, 0.29) is 5.92 Å². The molecule has 1 unspecified atom stereocenters. The van der Waals surface area contributed by atoms with Crippen LogP contribution >= 0.6 is 23.2 Å². The topological polar surface area (TPSA) is 49.3 Å². The molecule has 22 heavy (non-hydrogen) atoms. The molecule has 5 heteroatoms. The lowest BCUT2D eigenvalue weighted by Gasteiger charge is -2.11. The summed E-state index contributed by atoms with van der Waals surface area (Å²) in [7, 11) is 0. The van der Waals surface area contributed by atoms with Crippen molar-refractivity contribution in [3.63, 3.8) is 0 Å². The second kappa shape index (κ2) is 13.9. The van der Waals surface area contributed by atoms with E-state index in [1.807, 2.05) is 6.07 Å². The minimum atomic E-state index is -0.630. The zero-order valence-corrected chi connectivity index (χ0v) is 15.0. The SMILES string of the molecule is CCCCC(CCCNCC)C(=O)O.Clc1cccc(Cl)c1. The van der Waals surface area contributed by atoms with Gasteiger partial charge in [0.25, 0.3) is 0 Å². The average molecular weight is 348 g/mol. The number of carboxylic acid groups (broad SMARTS) is 1. The molecule has 0 aliphatic rings. The molecule has 0 aliphatic heterocycles. The molecule has 0 spiro atoms. The summed E-state index contributed by atoms with van der Waals surface area (Å²) in [6.45, 7) is 6.06. The smallest absolute Gasteiger partial charge is 0.306 e. The largest absolute Gasteiger partial charge is 0.481 e. The van der Waals surface area contributed by atoms with E-state index in [4.69, 9.17) is 28.3 Å². The van der Waals surface area contributed by atoms with Crippen LogP contribution in [0.25, 0.3) is 0 Å². The highest BCUT2D eigenvalue weighted by Gasteiger charge is 2.15. The Morgan fingerprint density at radius 1 is 1.18 bits per heavy atom. The van der Waals surface area contributed by atoms with Gasteiger partial charge in [-0.05, 0) is 50.6 Å². The second-order valence-electron chi connectivity index (χ2n) is 5.11. The molecular weight excluding hydrogens is 321 g/mol. The normalized spacial score (nSPS) is 11.5. The Morgan fingerprint density at radius 2 is 1.77 bits per heavy atom. The molecule has 0 saturated heterocycles. The monoisotopic (exact) mass is 347 g/mol. The highest BCUT2D eigenvalue weighted by molar-refractivity contribution is 6.34. The Labute approximate surface area is 144 Å². The van der Waals surface area contributed by atoms with Crippen LogP contribution < -0.4 is 5.32 Å². The van der Waals surface area contributed by atoms with E-state index >= 15 is 0 Å². The summed E-state index contributed by atoms with van der Waals surface area (Å²) in [5.74, 6) is -0.761. The molecule has 0 radical (unpaired) electrons. The number of rotatable bonds is 9. The zero-order valence-electron chi connectivity index (χ0n) is 13.4. The number of benzene rings is 1. The van der Waals surface area contributed by atoms with Crippen LogP contribution in [0.15, 0.2) is 24.3 Å². The van der Waals surface area contributed by atoms with Gasteiger partial charge in [0, 0.05) is 10.0 Å². The molecule has 2 N–H and O–H groups in total. The van der Waals surface area contributed by atoms with Gasteiger partial charge >= 0.3 is 5.97 Å². The highest BCUT2D eigenvalue weighted by Crippen LogP contribution is 2.15. The number of halogens is 2. The van der Waals surface area contributed by atoms with E-state index in [0.717, 1.165) is 45.2 Å². The predicted octanol–water partition coefficient (Wildman–Crippen LogP) is 5.26. The summed E-state index contributed by atoms with van der Waals surface area (Å²) in [5.41, 5.74) is 0. The van der Waals surface area contributed by atoms with Crippen LogP contribution in [-0.4, -0.2) is 24.2 Å². The fourth-order valence-electron chi connectivity index (χ4n) is 1.95. The van der Waals surface area contributed by atoms with E-state index in [0.29, 0.717) is 10.0 Å². The lowest BCUT2D eigenvalue weighted by molar-refractivity contribution is -0.142. The number of carbonyl (C=O) groups is 1. The molecule has 0 fully saturated rings. The van der Waals surface area contributed by atoms with Gasteiger partial charge in [-0.25, -0.2) is 0 Å². The number of hydrogen-bond acceptors (Lipinski definition) is 2. The molecule has 1 aromatic carbocycles. The molecule has 1 rings (SSSR count). The van der Waals surface area contributed by atoms with E-state index in [1.165, 1.54) is 0 Å². The van der Waals surface area contributed by atoms with Gasteiger partial charge in [-0.1, -0.05) is 56.0 Å². The van der Waals surface area contributed by atoms with E-state index in [2.05, 4.69) is 19.2 Å². The van der Waals surface area contributed by atoms with Gasteiger partial charge in [0.15, 0.2) is 0 Å². The maximum absolute atomic E-state index is 10.8. The minimum absolute atomic E-state index is 0.131. The van der Waals surface area contributed by atoms with Crippen LogP contribution in [0.2, 0.25) is 10.0 Å². The summed E-state index contributed by atoms with van der Waals surface area (Å²) >= 11 is 11.1. The van der Waals surface area contributed by atoms with E-state index < -0.39 is 5.97 Å². The lowest BCUT2D eigenvalue weighted by atomic mass is 9.97. The number of carboxylic acids is 1. The maximum Gasteiger partial charge on any atom is 0.306 e. The van der Waals surface area contributed by atoms with Crippen molar-refractivity contribution in [1.29, 1.82) is 0 Å². The van der Waals surface area contributed by atoms with Crippen LogP contribution in [-0.2, 0) is 4.79 Å². The van der Waals surface area contributed by atoms with Crippen molar-refractivity contribution < 1.29 is 9.90 Å². The molecule has 1 atom stereocenters. The quantitative estimate of drug-likeness (QED) is 0.599. The Kier molecular flexibility index (Phi) is 13.4. The molecule has 0 aromatic heterocycles. The summed E-state index contributed by atoms with van der Waals surface area (Å²) < 4.78 is 0. The second-order valence-corrected chi connectivity index (χ2v) is 5.99. The van der Waals surface area contributed by atoms with Gasteiger partial charge in [0.05, 0.1) is 5.92 Å². The third kappa shape index (κ3) is 11.8. The molecule has 0 amide bonds. The fourth-order valence-corrected chi connectivity index (χ4v) is 2.39. The molecule has 1 aromatic rings. The van der Waals surface area contributed by atoms with E-state index in [9.17, 15) is 4.79 Å². The Hall–Kier alpha value is -0.770. The standard InChI is InChI=1S/C11H23NO2.C6H4Cl2/c1-3-5-7-10(11(13)14)8-6-9-12-4-2;7-5-2-1-3-6(8)4-5/h10,12H,3-9H2,1-2H3,(H,13,14);1-4H. The van der Waals surface area contributed by atoms with Crippen LogP contribution in [0.3, 0.4) is 0 Å². The van der Waals surface area contributed by atoms with Crippen molar-refractivity contribution in [3.8, 4) is 0 Å². The molecule has 0 saturated carbocycles. The predicted molar refractivity (Wildman–Crippen MR) is 94.9 cm³/mol. The van der Waals surface area contributed by atoms with Crippen LogP contribution in [0.4, 0.5) is 0 Å². The van der Waals surface area contributed by atoms with Crippen molar-refractivity contribution in [2.24, 2.45) is 5.92 Å². The third-order valence-electron chi connectivity index (χ3n) is 3.20. The van der Waals surface area contributed by atoms with Gasteiger partial charge in [-0.3, -0.25) is 4.79 Å². The first-order valence-corrected chi connectivity index (χ1v) is 8.61. The van der Waals surface area contributed by atoms with Gasteiger partial charge in [-0.15, -0.1) is 0 Å². The molecule has 3 nitrogen and oxygen atoms in total. The molecule has 126 valence electrons. The minimum Gasteiger partial charge on any atom is -0.481 e. The molecule has 0 heterocycles. The van der Waals surface area contributed by atoms with Crippen molar-refractivity contribution in [1.82, 2.24) is 5.32 Å². The van der Waals surface area contributed by atoms with Crippen molar-refractivity contribution >= 4 is 29.2 Å². The lowest BCUT2D eigenvalue weighted by Crippen LogP contribution is -2.18. The van der Waals surface area contributed by atoms with Crippen molar-refractivity contribution in [2.75, 3.05) is 13.1 Å². The summed E-state index contributed by atoms with van der Waals surface area (Å²) in [4.78, 5) is 10.8. The first-order chi connectivity index (χ1) is 10.5. The van der Waals surface area contributed by atoms with Crippen LogP contribution in [0, 0.1) is 5.92 Å². The van der Waals surface area contributed by atoms with Gasteiger partial charge < -0.3 is 10.4 Å². The Bertz CT molecular complexity index is 396. The summed E-state index contributed by atoms with van der Waals surface area (Å²) in [5, 5.41) is 13.5. The highest BCUT2D eigenvalue weighted by atomic mass is 35.5. The van der Waals surface area contributed by atoms with Crippen molar-refractivity contribution in [3.05, 3.63) is 34.3 Å². The molecular formula is C17H27Cl2NO2. The van der Waals surface area contributed by atoms with Gasteiger partial charge in [-0.2, -0.15) is 0 Å². The average Bonchev–Trinajstić information content (AvgIpc) is 2.46. The third-order valence-corrected chi connectivity index (χ3v) is 3.67. The summed E-state index contributed by atoms with van der Waals surface area (Å²) in [6, 6.07) is 7.08. The van der Waals surface area contributed by atoms with Gasteiger partial charge in [0.2, 0.25) is 0 Å². The van der Waals surface area contributed by atoms with Crippen LogP contribution in [0.5, 0.6) is 0 Å². The van der Waals surface area contributed by atoms with E-state index in [1.54, 1.807) is 18.2 Å². The zero-order chi connectivity index (χ0) is 16.8. The maximum atomic E-state index is 10.8. The number of unbranched alkanes of at least 4 members (excludes halogenated alkanes) is 1. The fraction of sp³-hybridized carbons (Fsp3) is 0.588. The number of hydrogen-bond donors (Lipinski definition) is 2. The van der Waals surface area contributed by atoms with Crippen molar-refractivity contribution in [2.45, 2.75) is 46.0 Å². The Balaban J connectivity index is 0.000000461.